The highest BCUT2D eigenvalue weighted by molar-refractivity contribution is 14.2. The van der Waals surface area contributed by atoms with E-state index in [0.29, 0.717) is 24.7 Å². The number of esters is 1. The minimum atomic E-state index is -0.302. The average molecular weight is 651 g/mol. The topological polar surface area (TPSA) is 96.5 Å². The summed E-state index contributed by atoms with van der Waals surface area (Å²) in [6.07, 6.45) is 4.56. The highest BCUT2D eigenvalue weighted by atomic mass is 127. The molecule has 3 heterocycles. The lowest BCUT2D eigenvalue weighted by atomic mass is 9.71. The SMILES string of the molecule is CC1=C(N2CCC3(CCC(NCc4ccc(NC=ICI)nn4)CC3)C2=O)COC1=O. The Balaban J connectivity index is 1.27. The third-order valence-electron chi connectivity index (χ3n) is 6.49. The van der Waals surface area contributed by atoms with Gasteiger partial charge < -0.3 is 20.3 Å². The number of ether oxygens (including phenoxy) is 1. The van der Waals surface area contributed by atoms with Crippen LogP contribution in [0.5, 0.6) is 0 Å². The van der Waals surface area contributed by atoms with E-state index >= 15 is 0 Å². The number of nitrogens with one attached hydrogen (secondary N) is 2. The molecule has 2 N–H and O–H groups in total. The van der Waals surface area contributed by atoms with Crippen molar-refractivity contribution in [1.29, 1.82) is 0 Å². The lowest BCUT2D eigenvalue weighted by molar-refractivity contribution is -0.138. The van der Waals surface area contributed by atoms with E-state index in [9.17, 15) is 9.59 Å². The number of likely N-dealkylation sites (tertiary alicyclic amines) is 1. The molecule has 1 amide bonds. The van der Waals surface area contributed by atoms with Crippen LogP contribution in [0.1, 0.15) is 44.7 Å². The van der Waals surface area contributed by atoms with Crippen LogP contribution in [0.4, 0.5) is 5.82 Å². The van der Waals surface area contributed by atoms with E-state index in [-0.39, 0.29) is 44.6 Å². The molecular weight excluding hydrogens is 624 g/mol. The van der Waals surface area contributed by atoms with E-state index in [1.807, 2.05) is 12.1 Å². The number of rotatable bonds is 7. The molecule has 0 atom stereocenters. The molecule has 1 aromatic rings. The van der Waals surface area contributed by atoms with Crippen molar-refractivity contribution in [2.75, 3.05) is 20.9 Å². The van der Waals surface area contributed by atoms with Gasteiger partial charge in [0, 0.05) is 25.7 Å². The number of carbonyl (C=O) groups is 2. The van der Waals surface area contributed by atoms with Crippen LogP contribution in [0.3, 0.4) is 0 Å². The molecule has 8 nitrogen and oxygen atoms in total. The van der Waals surface area contributed by atoms with Crippen molar-refractivity contribution >= 4 is 65.2 Å². The van der Waals surface area contributed by atoms with E-state index in [1.54, 1.807) is 11.8 Å². The van der Waals surface area contributed by atoms with E-state index in [1.165, 1.54) is 2.43 Å². The minimum absolute atomic E-state index is 0.0772. The van der Waals surface area contributed by atoms with Crippen LogP contribution in [-0.2, 0) is 20.9 Å². The summed E-state index contributed by atoms with van der Waals surface area (Å²) in [7, 11) is 0. The van der Waals surface area contributed by atoms with Gasteiger partial charge >= 0.3 is 5.97 Å². The third kappa shape index (κ3) is 5.10. The summed E-state index contributed by atoms with van der Waals surface area (Å²) in [5.74, 6) is 0.662. The van der Waals surface area contributed by atoms with Crippen LogP contribution in [0, 0.1) is 5.41 Å². The van der Waals surface area contributed by atoms with Gasteiger partial charge in [-0.3, -0.25) is 4.79 Å². The van der Waals surface area contributed by atoms with Crippen molar-refractivity contribution in [3.63, 3.8) is 0 Å². The van der Waals surface area contributed by atoms with Crippen molar-refractivity contribution in [1.82, 2.24) is 20.4 Å². The fraction of sp³-hybridized carbons (Fsp3) is 0.571. The first-order valence-corrected chi connectivity index (χ1v) is 14.8. The van der Waals surface area contributed by atoms with Crippen LogP contribution >= 0.6 is 43.3 Å². The highest BCUT2D eigenvalue weighted by Gasteiger charge is 2.50. The quantitative estimate of drug-likeness (QED) is 0.266. The van der Waals surface area contributed by atoms with E-state index in [2.05, 4.69) is 47.6 Å². The van der Waals surface area contributed by atoms with Gasteiger partial charge in [-0.15, -0.1) is 5.10 Å². The molecule has 31 heavy (non-hydrogen) atoms. The predicted octanol–water partition coefficient (Wildman–Crippen LogP) is 3.09. The van der Waals surface area contributed by atoms with Gasteiger partial charge in [-0.25, -0.2) is 4.79 Å². The Hall–Kier alpha value is -1.15. The Morgan fingerprint density at radius 1 is 1.29 bits per heavy atom. The molecule has 1 spiro atoms. The molecule has 4 rings (SSSR count). The number of anilines is 1. The summed E-state index contributed by atoms with van der Waals surface area (Å²) in [6, 6.07) is 4.35. The summed E-state index contributed by atoms with van der Waals surface area (Å²) in [5, 5.41) is 15.3. The Kier molecular flexibility index (Phi) is 7.57. The number of halogens is 2. The molecule has 1 saturated carbocycles. The number of aromatic nitrogens is 2. The molecule has 2 aliphatic heterocycles. The molecule has 0 bridgehead atoms. The van der Waals surface area contributed by atoms with E-state index in [0.717, 1.165) is 49.3 Å². The van der Waals surface area contributed by atoms with Gasteiger partial charge in [-0.2, -0.15) is 5.10 Å². The normalized spacial score (nSPS) is 26.6. The fourth-order valence-corrected chi connectivity index (χ4v) is 6.39. The molecule has 1 aromatic heterocycles. The molecule has 10 heteroatoms. The number of nitrogens with zero attached hydrogens (tertiary/aromatic N) is 3. The Morgan fingerprint density at radius 2 is 2.10 bits per heavy atom. The number of amides is 1. The molecule has 0 aromatic carbocycles. The lowest BCUT2D eigenvalue weighted by Gasteiger charge is -2.36. The van der Waals surface area contributed by atoms with Crippen molar-refractivity contribution in [3.05, 3.63) is 29.1 Å². The number of hydrogen-bond acceptors (Lipinski definition) is 7. The van der Waals surface area contributed by atoms with Crippen molar-refractivity contribution < 1.29 is 14.3 Å². The third-order valence-corrected chi connectivity index (χ3v) is 9.81. The lowest BCUT2D eigenvalue weighted by Crippen LogP contribution is -2.42. The zero-order chi connectivity index (χ0) is 21.8. The zero-order valence-corrected chi connectivity index (χ0v) is 21.8. The van der Waals surface area contributed by atoms with Crippen LogP contribution in [0.25, 0.3) is 0 Å². The predicted molar refractivity (Wildman–Crippen MR) is 136 cm³/mol. The second kappa shape index (κ2) is 10.2. The van der Waals surface area contributed by atoms with Gasteiger partial charge in [0.1, 0.15) is 6.61 Å². The summed E-state index contributed by atoms with van der Waals surface area (Å²) < 4.78 is 8.39. The van der Waals surface area contributed by atoms with Crippen LogP contribution < -0.4 is 10.6 Å². The average Bonchev–Trinajstić information content (AvgIpc) is 3.28. The first-order valence-electron chi connectivity index (χ1n) is 10.5. The zero-order valence-electron chi connectivity index (χ0n) is 17.5. The first kappa shape index (κ1) is 23.0. The Labute approximate surface area is 205 Å². The largest absolute Gasteiger partial charge is 0.456 e. The molecule has 1 saturated heterocycles. The van der Waals surface area contributed by atoms with Crippen LogP contribution in [0.2, 0.25) is 0 Å². The second-order valence-corrected chi connectivity index (χ2v) is 14.2. The van der Waals surface area contributed by atoms with Gasteiger partial charge in [-0.05, 0) is 51.2 Å². The molecule has 168 valence electrons. The maximum atomic E-state index is 13.2. The molecule has 1 aliphatic carbocycles. The number of hydrogen-bond donors (Lipinski definition) is 2. The van der Waals surface area contributed by atoms with E-state index < -0.39 is 0 Å². The molecule has 0 radical (unpaired) electrons. The molecule has 0 unspecified atom stereocenters. The Bertz CT molecular complexity index is 895. The number of carbonyl (C=O) groups excluding carboxylic acids is 2. The monoisotopic (exact) mass is 651 g/mol. The summed E-state index contributed by atoms with van der Waals surface area (Å²) >= 11 is 2.46. The smallest absolute Gasteiger partial charge is 0.336 e. The molecule has 3 aliphatic rings. The van der Waals surface area contributed by atoms with Crippen LogP contribution in [0.15, 0.2) is 23.4 Å². The van der Waals surface area contributed by atoms with Gasteiger partial charge in [0.25, 0.3) is 0 Å². The van der Waals surface area contributed by atoms with Gasteiger partial charge in [-0.1, -0.05) is 43.3 Å². The van der Waals surface area contributed by atoms with Gasteiger partial charge in [0.15, 0.2) is 5.82 Å². The number of cyclic esters (lactones) is 1. The summed E-state index contributed by atoms with van der Waals surface area (Å²) in [4.78, 5) is 26.7. The number of alkyl halides is 2. The summed E-state index contributed by atoms with van der Waals surface area (Å²) in [6.45, 7) is 3.35. The molecular formula is C21H27I2N5O3. The van der Waals surface area contributed by atoms with E-state index in [4.69, 9.17) is 4.74 Å². The Morgan fingerprint density at radius 3 is 2.74 bits per heavy atom. The maximum absolute atomic E-state index is 13.2. The highest BCUT2D eigenvalue weighted by Crippen LogP contribution is 2.46. The second-order valence-electron chi connectivity index (χ2n) is 8.21. The summed E-state index contributed by atoms with van der Waals surface area (Å²) in [5.41, 5.74) is 1.98. The fourth-order valence-electron chi connectivity index (χ4n) is 4.57. The molecule has 2 fully saturated rings. The van der Waals surface area contributed by atoms with Gasteiger partial charge in [0.05, 0.1) is 22.4 Å². The maximum Gasteiger partial charge on any atom is 0.336 e. The van der Waals surface area contributed by atoms with Crippen LogP contribution in [-0.4, -0.2) is 52.7 Å². The minimum Gasteiger partial charge on any atom is -0.456 e. The van der Waals surface area contributed by atoms with Gasteiger partial charge in [0.2, 0.25) is 5.91 Å². The van der Waals surface area contributed by atoms with Crippen molar-refractivity contribution in [2.45, 2.75) is 51.6 Å². The van der Waals surface area contributed by atoms with Crippen molar-refractivity contribution in [3.8, 4) is 0 Å². The van der Waals surface area contributed by atoms with Crippen molar-refractivity contribution in [2.24, 2.45) is 5.41 Å². The standard InChI is InChI=1S/C21H27I2N5O3/c1-14-17(11-31-19(14)29)28-9-8-21(20(28)30)6-4-15(5-7-21)24-10-16-2-3-18(27-26-16)25-13-23-12-22/h2-3,13,15,24H,4-12H2,1H3,(H,25,27). The first-order chi connectivity index (χ1) is 15.0.